The number of aryl methyl sites for hydroxylation is 1. The first kappa shape index (κ1) is 32.7. The number of hydrogen-bond acceptors (Lipinski definition) is 6. The molecule has 39 heavy (non-hydrogen) atoms. The summed E-state index contributed by atoms with van der Waals surface area (Å²) in [5.41, 5.74) is 1.34. The van der Waals surface area contributed by atoms with Crippen molar-refractivity contribution in [2.75, 3.05) is 53.0 Å². The molecule has 1 aromatic carbocycles. The summed E-state index contributed by atoms with van der Waals surface area (Å²) in [5, 5.41) is 3.05. The Hall–Kier alpha value is -2.49. The van der Waals surface area contributed by atoms with Gasteiger partial charge in [0.05, 0.1) is 18.1 Å². The van der Waals surface area contributed by atoms with Crippen LogP contribution in [0.2, 0.25) is 0 Å². The summed E-state index contributed by atoms with van der Waals surface area (Å²) in [6.45, 7) is 16.0. The van der Waals surface area contributed by atoms with Crippen molar-refractivity contribution in [3.8, 4) is 0 Å². The van der Waals surface area contributed by atoms with Crippen molar-refractivity contribution in [1.82, 2.24) is 20.0 Å². The third kappa shape index (κ3) is 8.02. The fraction of sp³-hybridized carbons (Fsp3) is 0.700. The topological polar surface area (TPSA) is 91.4 Å². The predicted octanol–water partition coefficient (Wildman–Crippen LogP) is 4.35. The molecule has 1 aliphatic heterocycles. The van der Waals surface area contributed by atoms with Gasteiger partial charge in [-0.1, -0.05) is 63.9 Å². The molecule has 9 heteroatoms. The number of nitrogens with one attached hydrogen (secondary N) is 1. The first-order valence-corrected chi connectivity index (χ1v) is 14.5. The van der Waals surface area contributed by atoms with Crippen molar-refractivity contribution < 1.29 is 23.9 Å². The summed E-state index contributed by atoms with van der Waals surface area (Å²) in [7, 11) is 1.68. The van der Waals surface area contributed by atoms with E-state index in [1.807, 2.05) is 52.0 Å². The zero-order valence-corrected chi connectivity index (χ0v) is 25.1. The molecule has 0 bridgehead atoms. The number of likely N-dealkylation sites (N-methyl/N-ethyl adjacent to an activating group) is 2. The third-order valence-corrected chi connectivity index (χ3v) is 8.03. The Labute approximate surface area is 235 Å². The quantitative estimate of drug-likeness (QED) is 0.292. The molecular formula is C30H50N4O5. The largest absolute Gasteiger partial charge is 0.383 e. The average molecular weight is 547 g/mol. The van der Waals surface area contributed by atoms with Crippen LogP contribution < -0.4 is 5.32 Å². The average Bonchev–Trinajstić information content (AvgIpc) is 2.93. The Bertz CT molecular complexity index is 918. The minimum atomic E-state index is -0.808. The molecular weight excluding hydrogens is 496 g/mol. The van der Waals surface area contributed by atoms with Crippen LogP contribution in [0.5, 0.6) is 0 Å². The number of urea groups is 1. The maximum atomic E-state index is 13.4. The van der Waals surface area contributed by atoms with Gasteiger partial charge >= 0.3 is 6.03 Å². The second-order valence-electron chi connectivity index (χ2n) is 10.3. The van der Waals surface area contributed by atoms with Gasteiger partial charge in [0.15, 0.2) is 6.23 Å². The summed E-state index contributed by atoms with van der Waals surface area (Å²) >= 11 is 0. The van der Waals surface area contributed by atoms with E-state index < -0.39 is 17.7 Å². The van der Waals surface area contributed by atoms with Gasteiger partial charge in [0.1, 0.15) is 6.61 Å². The van der Waals surface area contributed by atoms with E-state index in [4.69, 9.17) is 9.47 Å². The van der Waals surface area contributed by atoms with Gasteiger partial charge in [0, 0.05) is 33.3 Å². The van der Waals surface area contributed by atoms with Crippen LogP contribution in [0.1, 0.15) is 77.5 Å². The molecule has 0 radical (unpaired) electrons. The molecule has 1 heterocycles. The van der Waals surface area contributed by atoms with Crippen LogP contribution in [-0.4, -0.2) is 91.8 Å². The molecule has 2 rings (SSSR count). The Morgan fingerprint density at radius 2 is 1.69 bits per heavy atom. The summed E-state index contributed by atoms with van der Waals surface area (Å²) < 4.78 is 11.3. The highest BCUT2D eigenvalue weighted by Crippen LogP contribution is 2.46. The second-order valence-corrected chi connectivity index (χ2v) is 10.3. The Kier molecular flexibility index (Phi) is 13.4. The van der Waals surface area contributed by atoms with E-state index in [1.165, 1.54) is 4.90 Å². The lowest BCUT2D eigenvalue weighted by Gasteiger charge is -2.53. The highest BCUT2D eigenvalue weighted by molar-refractivity contribution is 6.03. The molecule has 2 atom stereocenters. The van der Waals surface area contributed by atoms with E-state index >= 15 is 0 Å². The summed E-state index contributed by atoms with van der Waals surface area (Å²) in [6.07, 6.45) is 1.91. The highest BCUT2D eigenvalue weighted by Gasteiger charge is 2.62. The number of imide groups is 1. The monoisotopic (exact) mass is 546 g/mol. The van der Waals surface area contributed by atoms with Gasteiger partial charge in [-0.3, -0.25) is 14.5 Å². The van der Waals surface area contributed by atoms with Crippen LogP contribution in [0.3, 0.4) is 0 Å². The van der Waals surface area contributed by atoms with E-state index in [0.717, 1.165) is 43.6 Å². The second kappa shape index (κ2) is 15.9. The number of amides is 4. The van der Waals surface area contributed by atoms with E-state index in [-0.39, 0.29) is 24.5 Å². The fourth-order valence-electron chi connectivity index (χ4n) is 5.21. The number of rotatable bonds is 17. The molecule has 9 nitrogen and oxygen atoms in total. The summed E-state index contributed by atoms with van der Waals surface area (Å²) in [4.78, 5) is 45.0. The van der Waals surface area contributed by atoms with E-state index in [9.17, 15) is 14.4 Å². The SMILES string of the molecule is CCC[C@@H](NC(=O)N1C(=O)C(CC)(CC)C1OCC(=O)N(CC)CCN(CC)CCOC)c1ccc(C)cc1. The van der Waals surface area contributed by atoms with E-state index in [1.54, 1.807) is 12.0 Å². The number of β-lactam (4-membered cyclic amide) rings is 1. The van der Waals surface area contributed by atoms with Gasteiger partial charge in [-0.15, -0.1) is 0 Å². The summed E-state index contributed by atoms with van der Waals surface area (Å²) in [6, 6.07) is 7.37. The van der Waals surface area contributed by atoms with Crippen LogP contribution >= 0.6 is 0 Å². The first-order chi connectivity index (χ1) is 18.7. The minimum Gasteiger partial charge on any atom is -0.383 e. The lowest BCUT2D eigenvalue weighted by atomic mass is 9.72. The van der Waals surface area contributed by atoms with Gasteiger partial charge in [-0.2, -0.15) is 0 Å². The molecule has 0 aliphatic carbocycles. The smallest absolute Gasteiger partial charge is 0.326 e. The molecule has 4 amide bonds. The van der Waals surface area contributed by atoms with E-state index in [0.29, 0.717) is 32.5 Å². The number of likely N-dealkylation sites (tertiary alicyclic amines) is 1. The molecule has 1 unspecified atom stereocenters. The third-order valence-electron chi connectivity index (χ3n) is 8.03. The number of carbonyl (C=O) groups excluding carboxylic acids is 3. The van der Waals surface area contributed by atoms with Crippen LogP contribution in [0.4, 0.5) is 4.79 Å². The Morgan fingerprint density at radius 1 is 1.03 bits per heavy atom. The molecule has 0 aromatic heterocycles. The predicted molar refractivity (Wildman–Crippen MR) is 153 cm³/mol. The van der Waals surface area contributed by atoms with Gasteiger partial charge in [0.25, 0.3) is 0 Å². The van der Waals surface area contributed by atoms with Crippen molar-refractivity contribution in [3.05, 3.63) is 35.4 Å². The van der Waals surface area contributed by atoms with Gasteiger partial charge in [0.2, 0.25) is 11.8 Å². The Balaban J connectivity index is 2.11. The highest BCUT2D eigenvalue weighted by atomic mass is 16.5. The maximum absolute atomic E-state index is 13.4. The lowest BCUT2D eigenvalue weighted by Crippen LogP contribution is -2.72. The van der Waals surface area contributed by atoms with Crippen LogP contribution in [-0.2, 0) is 19.1 Å². The van der Waals surface area contributed by atoms with Crippen molar-refractivity contribution in [3.63, 3.8) is 0 Å². The maximum Gasteiger partial charge on any atom is 0.326 e. The van der Waals surface area contributed by atoms with Crippen LogP contribution in [0.25, 0.3) is 0 Å². The summed E-state index contributed by atoms with van der Waals surface area (Å²) in [5.74, 6) is -0.393. The number of carbonyl (C=O) groups is 3. The van der Waals surface area contributed by atoms with Crippen molar-refractivity contribution in [1.29, 1.82) is 0 Å². The molecule has 1 fully saturated rings. The molecule has 1 N–H and O–H groups in total. The zero-order chi connectivity index (χ0) is 29.0. The van der Waals surface area contributed by atoms with Crippen molar-refractivity contribution >= 4 is 17.8 Å². The molecule has 1 aliphatic rings. The number of methoxy groups -OCH3 is 1. The normalized spacial score (nSPS) is 17.2. The molecule has 0 saturated carbocycles. The Morgan fingerprint density at radius 3 is 2.23 bits per heavy atom. The molecule has 220 valence electrons. The molecule has 1 saturated heterocycles. The minimum absolute atomic E-state index is 0.148. The van der Waals surface area contributed by atoms with Gasteiger partial charge in [-0.05, 0) is 45.2 Å². The number of benzene rings is 1. The van der Waals surface area contributed by atoms with Crippen molar-refractivity contribution in [2.24, 2.45) is 5.41 Å². The standard InChI is InChI=1S/C30H50N4O5/c1-8-13-25(24-16-14-23(6)15-17-24)31-29(37)34-27(36)30(9-2,10-3)28(34)39-22-26(35)33(12-5)19-18-32(11-4)20-21-38-7/h14-17,25,28H,8-13,18-22H2,1-7H3,(H,31,37)/t25-,28?/m1/s1. The molecule has 1 aromatic rings. The molecule has 0 spiro atoms. The lowest BCUT2D eigenvalue weighted by molar-refractivity contribution is -0.212. The van der Waals surface area contributed by atoms with E-state index in [2.05, 4.69) is 24.1 Å². The van der Waals surface area contributed by atoms with Crippen LogP contribution in [0, 0.1) is 12.3 Å². The fourth-order valence-corrected chi connectivity index (χ4v) is 5.21. The zero-order valence-electron chi connectivity index (χ0n) is 25.1. The number of hydrogen-bond donors (Lipinski definition) is 1. The van der Waals surface area contributed by atoms with Crippen molar-refractivity contribution in [2.45, 2.75) is 79.5 Å². The van der Waals surface area contributed by atoms with Crippen LogP contribution in [0.15, 0.2) is 24.3 Å². The van der Waals surface area contributed by atoms with Gasteiger partial charge in [-0.25, -0.2) is 9.69 Å². The first-order valence-electron chi connectivity index (χ1n) is 14.5. The van der Waals surface area contributed by atoms with Gasteiger partial charge < -0.3 is 19.7 Å². The number of ether oxygens (including phenoxy) is 2. The number of nitrogens with zero attached hydrogens (tertiary/aromatic N) is 3.